The molecule has 150 valence electrons. The number of aromatic hydroxyl groups is 1. The van der Waals surface area contributed by atoms with E-state index in [0.717, 1.165) is 34.5 Å². The van der Waals surface area contributed by atoms with Crippen molar-refractivity contribution in [3.8, 4) is 23.0 Å². The van der Waals surface area contributed by atoms with Crippen molar-refractivity contribution in [1.82, 2.24) is 0 Å². The Kier molecular flexibility index (Phi) is 3.81. The van der Waals surface area contributed by atoms with E-state index >= 15 is 0 Å². The van der Waals surface area contributed by atoms with Gasteiger partial charge >= 0.3 is 0 Å². The topological polar surface area (TPSA) is 77.0 Å². The predicted molar refractivity (Wildman–Crippen MR) is 108 cm³/mol. The first-order valence-electron chi connectivity index (χ1n) is 9.70. The van der Waals surface area contributed by atoms with Crippen LogP contribution in [0.2, 0.25) is 0 Å². The highest BCUT2D eigenvalue weighted by Crippen LogP contribution is 2.52. The van der Waals surface area contributed by atoms with Gasteiger partial charge in [0, 0.05) is 35.4 Å². The van der Waals surface area contributed by atoms with Crippen molar-refractivity contribution in [2.45, 2.75) is 32.6 Å². The summed E-state index contributed by atoms with van der Waals surface area (Å²) in [6, 6.07) is 9.19. The van der Waals surface area contributed by atoms with E-state index in [9.17, 15) is 9.90 Å². The maximum atomic E-state index is 13.2. The zero-order valence-corrected chi connectivity index (χ0v) is 16.7. The van der Waals surface area contributed by atoms with Crippen LogP contribution in [0.5, 0.6) is 23.0 Å². The molecule has 29 heavy (non-hydrogen) atoms. The number of hydrogen-bond donors (Lipinski definition) is 2. The van der Waals surface area contributed by atoms with Crippen molar-refractivity contribution in [1.29, 1.82) is 0 Å². The molecule has 0 radical (unpaired) electrons. The van der Waals surface area contributed by atoms with Gasteiger partial charge in [-0.1, -0.05) is 19.9 Å². The molecule has 1 aliphatic carbocycles. The number of fused-ring (bicyclic) bond motifs is 2. The first kappa shape index (κ1) is 17.9. The predicted octanol–water partition coefficient (Wildman–Crippen LogP) is 4.33. The number of nitrogens with one attached hydrogen (secondary N) is 1. The first-order chi connectivity index (χ1) is 13.9. The minimum atomic E-state index is -0.295. The van der Waals surface area contributed by atoms with Crippen LogP contribution >= 0.6 is 0 Å². The van der Waals surface area contributed by atoms with Crippen molar-refractivity contribution < 1.29 is 24.1 Å². The molecule has 6 heteroatoms. The van der Waals surface area contributed by atoms with E-state index in [1.165, 1.54) is 7.11 Å². The molecule has 0 bridgehead atoms. The molecule has 0 spiro atoms. The molecule has 0 unspecified atom stereocenters. The van der Waals surface area contributed by atoms with E-state index in [1.54, 1.807) is 12.1 Å². The molecule has 5 rings (SSSR count). The van der Waals surface area contributed by atoms with Crippen LogP contribution in [0.3, 0.4) is 0 Å². The number of phenols is 1. The first-order valence-corrected chi connectivity index (χ1v) is 9.70. The summed E-state index contributed by atoms with van der Waals surface area (Å²) in [6.45, 7) is 4.41. The number of anilines is 1. The molecular formula is C23H23NO5. The summed E-state index contributed by atoms with van der Waals surface area (Å²) in [7, 11) is 1.52. The third-order valence-corrected chi connectivity index (χ3v) is 5.89. The summed E-state index contributed by atoms with van der Waals surface area (Å²) in [5.74, 6) is 1.65. The highest BCUT2D eigenvalue weighted by atomic mass is 16.7. The fourth-order valence-corrected chi connectivity index (χ4v) is 4.64. The summed E-state index contributed by atoms with van der Waals surface area (Å²) in [5, 5.41) is 13.9. The summed E-state index contributed by atoms with van der Waals surface area (Å²) < 4.78 is 16.3. The van der Waals surface area contributed by atoms with Crippen LogP contribution in [0.4, 0.5) is 5.69 Å². The number of ketones is 1. The lowest BCUT2D eigenvalue weighted by atomic mass is 9.68. The van der Waals surface area contributed by atoms with Gasteiger partial charge in [0.2, 0.25) is 6.79 Å². The summed E-state index contributed by atoms with van der Waals surface area (Å²) in [6.07, 6.45) is 1.27. The number of rotatable bonds is 2. The number of carbonyl (C=O) groups excluding carboxylic acids is 1. The number of ether oxygens (including phenoxy) is 3. The van der Waals surface area contributed by atoms with Crippen molar-refractivity contribution in [3.05, 3.63) is 52.7 Å². The van der Waals surface area contributed by atoms with Gasteiger partial charge in [-0.3, -0.25) is 4.79 Å². The smallest absolute Gasteiger partial charge is 0.231 e. The lowest BCUT2D eigenvalue weighted by Crippen LogP contribution is -2.33. The zero-order valence-electron chi connectivity index (χ0n) is 16.7. The summed E-state index contributed by atoms with van der Waals surface area (Å²) >= 11 is 0. The van der Waals surface area contributed by atoms with Gasteiger partial charge in [-0.05, 0) is 41.2 Å². The standard InChI is InChI=1S/C23H23NO5/c1-23(2)9-15-22(17(26)10-23)21(12-4-5-18(27-3)16(25)6-12)13-7-19-20(29-11-28-19)8-14(13)24-15/h4-8,21,24-25H,9-11H2,1-3H3/t21-/m0/s1. The van der Waals surface area contributed by atoms with Crippen LogP contribution in [-0.2, 0) is 4.79 Å². The molecule has 6 nitrogen and oxygen atoms in total. The van der Waals surface area contributed by atoms with Crippen molar-refractivity contribution >= 4 is 11.5 Å². The average molecular weight is 393 g/mol. The van der Waals surface area contributed by atoms with Crippen LogP contribution in [0.15, 0.2) is 41.6 Å². The molecule has 0 saturated carbocycles. The van der Waals surface area contributed by atoms with E-state index in [0.29, 0.717) is 23.7 Å². The fourth-order valence-electron chi connectivity index (χ4n) is 4.64. The molecule has 2 aliphatic heterocycles. The maximum Gasteiger partial charge on any atom is 0.231 e. The second-order valence-corrected chi connectivity index (χ2v) is 8.62. The molecule has 3 aliphatic rings. The van der Waals surface area contributed by atoms with Crippen LogP contribution in [-0.4, -0.2) is 24.8 Å². The van der Waals surface area contributed by atoms with Gasteiger partial charge in [0.25, 0.3) is 0 Å². The second kappa shape index (κ2) is 6.17. The largest absolute Gasteiger partial charge is 0.504 e. The summed E-state index contributed by atoms with van der Waals surface area (Å²) in [5.41, 5.74) is 4.27. The Morgan fingerprint density at radius 3 is 2.62 bits per heavy atom. The Labute approximate surface area is 169 Å². The van der Waals surface area contributed by atoms with E-state index in [4.69, 9.17) is 14.2 Å². The number of methoxy groups -OCH3 is 1. The minimum Gasteiger partial charge on any atom is -0.504 e. The second-order valence-electron chi connectivity index (χ2n) is 8.62. The van der Waals surface area contributed by atoms with Gasteiger partial charge in [0.1, 0.15) is 0 Å². The number of Topliss-reactive ketones (excluding diaryl/α,β-unsaturated/α-hetero) is 1. The summed E-state index contributed by atoms with van der Waals surface area (Å²) in [4.78, 5) is 13.2. The Morgan fingerprint density at radius 1 is 1.14 bits per heavy atom. The van der Waals surface area contributed by atoms with E-state index in [1.807, 2.05) is 18.2 Å². The fraction of sp³-hybridized carbons (Fsp3) is 0.348. The maximum absolute atomic E-state index is 13.2. The Balaban J connectivity index is 1.72. The van der Waals surface area contributed by atoms with Gasteiger partial charge in [0.05, 0.1) is 7.11 Å². The quantitative estimate of drug-likeness (QED) is 0.791. The van der Waals surface area contributed by atoms with Crippen LogP contribution < -0.4 is 19.5 Å². The van der Waals surface area contributed by atoms with Gasteiger partial charge in [-0.15, -0.1) is 0 Å². The molecule has 0 aromatic heterocycles. The molecule has 2 aromatic carbocycles. The lowest BCUT2D eigenvalue weighted by Gasteiger charge is -2.39. The lowest BCUT2D eigenvalue weighted by molar-refractivity contribution is -0.118. The molecule has 0 saturated heterocycles. The highest BCUT2D eigenvalue weighted by Gasteiger charge is 2.41. The number of phenolic OH excluding ortho intramolecular Hbond substituents is 1. The van der Waals surface area contributed by atoms with Crippen LogP contribution in [0, 0.1) is 5.41 Å². The molecule has 2 aromatic rings. The number of carbonyl (C=O) groups is 1. The molecule has 1 atom stereocenters. The number of hydrogen-bond acceptors (Lipinski definition) is 6. The monoisotopic (exact) mass is 393 g/mol. The molecule has 0 fully saturated rings. The number of allylic oxidation sites excluding steroid dienone is 2. The molecule has 2 N–H and O–H groups in total. The Hall–Kier alpha value is -3.15. The van der Waals surface area contributed by atoms with Crippen LogP contribution in [0.1, 0.15) is 43.7 Å². The van der Waals surface area contributed by atoms with Crippen molar-refractivity contribution in [3.63, 3.8) is 0 Å². The van der Waals surface area contributed by atoms with Gasteiger partial charge in [0.15, 0.2) is 28.8 Å². The highest BCUT2D eigenvalue weighted by molar-refractivity contribution is 6.01. The van der Waals surface area contributed by atoms with Crippen LogP contribution in [0.25, 0.3) is 0 Å². The third-order valence-electron chi connectivity index (χ3n) is 5.89. The SMILES string of the molecule is COc1ccc([C@@H]2C3=C(CC(C)(C)CC3=O)Nc3cc4c(cc32)OCO4)cc1O. The van der Waals surface area contributed by atoms with Gasteiger partial charge in [-0.25, -0.2) is 0 Å². The molecular weight excluding hydrogens is 370 g/mol. The zero-order chi connectivity index (χ0) is 20.3. The van der Waals surface area contributed by atoms with Crippen molar-refractivity contribution in [2.24, 2.45) is 5.41 Å². The van der Waals surface area contributed by atoms with Gasteiger partial charge < -0.3 is 24.6 Å². The van der Waals surface area contributed by atoms with E-state index < -0.39 is 0 Å². The molecule has 2 heterocycles. The Bertz CT molecular complexity index is 1070. The number of benzene rings is 2. The van der Waals surface area contributed by atoms with Crippen molar-refractivity contribution in [2.75, 3.05) is 19.2 Å². The minimum absolute atomic E-state index is 0.0524. The van der Waals surface area contributed by atoms with E-state index in [2.05, 4.69) is 19.2 Å². The third kappa shape index (κ3) is 2.82. The Morgan fingerprint density at radius 2 is 1.90 bits per heavy atom. The molecule has 0 amide bonds. The van der Waals surface area contributed by atoms with Gasteiger partial charge in [-0.2, -0.15) is 0 Å². The normalized spacial score (nSPS) is 21.3. The average Bonchev–Trinajstić information content (AvgIpc) is 3.11. The van der Waals surface area contributed by atoms with E-state index in [-0.39, 0.29) is 29.7 Å².